The van der Waals surface area contributed by atoms with Crippen molar-refractivity contribution < 1.29 is 14.2 Å². The van der Waals surface area contributed by atoms with E-state index < -0.39 is 0 Å². The molecule has 4 nitrogen and oxygen atoms in total. The first kappa shape index (κ1) is 10.8. The highest BCUT2D eigenvalue weighted by Crippen LogP contribution is 2.30. The number of hydrogen-bond acceptors (Lipinski definition) is 5. The van der Waals surface area contributed by atoms with E-state index in [1.807, 2.05) is 5.38 Å². The summed E-state index contributed by atoms with van der Waals surface area (Å²) in [5.74, 6) is 2.58. The molecule has 0 saturated carbocycles. The Labute approximate surface area is 97.4 Å². The van der Waals surface area contributed by atoms with Crippen LogP contribution in [0.4, 0.5) is 0 Å². The van der Waals surface area contributed by atoms with Crippen LogP contribution in [0.1, 0.15) is 0 Å². The average molecular weight is 237 g/mol. The number of thiazole rings is 1. The summed E-state index contributed by atoms with van der Waals surface area (Å²) < 4.78 is 15.8. The van der Waals surface area contributed by atoms with Gasteiger partial charge in [-0.2, -0.15) is 0 Å². The topological polar surface area (TPSA) is 40.6 Å². The van der Waals surface area contributed by atoms with Gasteiger partial charge >= 0.3 is 0 Å². The Kier molecular flexibility index (Phi) is 3.26. The van der Waals surface area contributed by atoms with Crippen molar-refractivity contribution in [1.82, 2.24) is 4.98 Å². The maximum absolute atomic E-state index is 5.54. The number of hydrogen-bond donors (Lipinski definition) is 0. The molecule has 0 aliphatic rings. The molecule has 0 aliphatic heterocycles. The quantitative estimate of drug-likeness (QED) is 0.819. The number of rotatable bonds is 4. The molecule has 1 aromatic heterocycles. The molecule has 0 aliphatic carbocycles. The van der Waals surface area contributed by atoms with Gasteiger partial charge in [0, 0.05) is 18.2 Å². The van der Waals surface area contributed by atoms with Gasteiger partial charge in [0.25, 0.3) is 0 Å². The minimum absolute atomic E-state index is 0.570. The molecule has 2 rings (SSSR count). The normalized spacial score (nSPS) is 9.88. The monoisotopic (exact) mass is 237 g/mol. The Hall–Kier alpha value is -1.75. The molecule has 0 atom stereocenters. The summed E-state index contributed by atoms with van der Waals surface area (Å²) >= 11 is 1.48. The van der Waals surface area contributed by atoms with Gasteiger partial charge < -0.3 is 14.2 Å². The summed E-state index contributed by atoms with van der Waals surface area (Å²) in [4.78, 5) is 4.04. The molecule has 16 heavy (non-hydrogen) atoms. The van der Waals surface area contributed by atoms with E-state index in [-0.39, 0.29) is 0 Å². The van der Waals surface area contributed by atoms with E-state index in [4.69, 9.17) is 14.2 Å². The van der Waals surface area contributed by atoms with E-state index in [0.717, 1.165) is 0 Å². The van der Waals surface area contributed by atoms with E-state index >= 15 is 0 Å². The molecule has 0 fully saturated rings. The molecule has 0 unspecified atom stereocenters. The number of nitrogens with zero attached hydrogens (tertiary/aromatic N) is 1. The Morgan fingerprint density at radius 3 is 2.12 bits per heavy atom. The van der Waals surface area contributed by atoms with Crippen LogP contribution < -0.4 is 14.2 Å². The standard InChI is InChI=1S/C11H11NO3S/c1-13-8-3-9(14-2)5-10(4-8)15-11-6-16-7-12-11/h3-7H,1-2H3. The molecule has 0 bridgehead atoms. The fourth-order valence-electron chi connectivity index (χ4n) is 1.21. The zero-order chi connectivity index (χ0) is 11.4. The van der Waals surface area contributed by atoms with Crippen molar-refractivity contribution in [3.05, 3.63) is 29.1 Å². The molecule has 1 aromatic carbocycles. The summed E-state index contributed by atoms with van der Waals surface area (Å²) in [5.41, 5.74) is 1.72. The summed E-state index contributed by atoms with van der Waals surface area (Å²) in [7, 11) is 3.20. The van der Waals surface area contributed by atoms with Crippen LogP contribution >= 0.6 is 11.3 Å². The third-order valence-electron chi connectivity index (χ3n) is 1.96. The fourth-order valence-corrected chi connectivity index (χ4v) is 1.66. The van der Waals surface area contributed by atoms with E-state index in [0.29, 0.717) is 23.1 Å². The van der Waals surface area contributed by atoms with Gasteiger partial charge in [0.15, 0.2) is 0 Å². The van der Waals surface area contributed by atoms with Gasteiger partial charge in [-0.15, -0.1) is 11.3 Å². The van der Waals surface area contributed by atoms with Crippen LogP contribution in [-0.4, -0.2) is 19.2 Å². The molecule has 0 N–H and O–H groups in total. The smallest absolute Gasteiger partial charge is 0.230 e. The second-order valence-electron chi connectivity index (χ2n) is 2.98. The van der Waals surface area contributed by atoms with Crippen molar-refractivity contribution in [1.29, 1.82) is 0 Å². The lowest BCUT2D eigenvalue weighted by Crippen LogP contribution is -1.90. The number of methoxy groups -OCH3 is 2. The molecule has 1 heterocycles. The van der Waals surface area contributed by atoms with Gasteiger partial charge in [0.1, 0.15) is 17.2 Å². The highest BCUT2D eigenvalue weighted by atomic mass is 32.1. The summed E-state index contributed by atoms with van der Waals surface area (Å²) in [6.07, 6.45) is 0. The first-order chi connectivity index (χ1) is 7.81. The van der Waals surface area contributed by atoms with Crippen LogP contribution in [0.5, 0.6) is 23.1 Å². The average Bonchev–Trinajstić information content (AvgIpc) is 2.81. The fraction of sp³-hybridized carbons (Fsp3) is 0.182. The molecule has 84 valence electrons. The third-order valence-corrected chi connectivity index (χ3v) is 2.52. The van der Waals surface area contributed by atoms with Crippen LogP contribution in [-0.2, 0) is 0 Å². The lowest BCUT2D eigenvalue weighted by Gasteiger charge is -2.08. The molecule has 5 heteroatoms. The lowest BCUT2D eigenvalue weighted by atomic mass is 10.3. The summed E-state index contributed by atoms with van der Waals surface area (Å²) in [6.45, 7) is 0. The van der Waals surface area contributed by atoms with E-state index in [1.54, 1.807) is 37.9 Å². The first-order valence-corrected chi connectivity index (χ1v) is 5.55. The van der Waals surface area contributed by atoms with Gasteiger partial charge in [0.05, 0.1) is 25.1 Å². The number of benzene rings is 1. The SMILES string of the molecule is COc1cc(OC)cc(Oc2cscn2)c1. The van der Waals surface area contributed by atoms with Crippen LogP contribution in [0.2, 0.25) is 0 Å². The van der Waals surface area contributed by atoms with Crippen molar-refractivity contribution in [3.63, 3.8) is 0 Å². The van der Waals surface area contributed by atoms with Gasteiger partial charge in [-0.1, -0.05) is 0 Å². The molecule has 0 radical (unpaired) electrons. The largest absolute Gasteiger partial charge is 0.496 e. The van der Waals surface area contributed by atoms with Gasteiger partial charge in [0.2, 0.25) is 5.88 Å². The van der Waals surface area contributed by atoms with Crippen molar-refractivity contribution >= 4 is 11.3 Å². The molecule has 0 amide bonds. The zero-order valence-corrected chi connectivity index (χ0v) is 9.78. The highest BCUT2D eigenvalue weighted by Gasteiger charge is 2.04. The maximum atomic E-state index is 5.54. The zero-order valence-electron chi connectivity index (χ0n) is 8.97. The predicted octanol–water partition coefficient (Wildman–Crippen LogP) is 2.95. The van der Waals surface area contributed by atoms with Crippen LogP contribution in [0, 0.1) is 0 Å². The van der Waals surface area contributed by atoms with Crippen LogP contribution in [0.25, 0.3) is 0 Å². The second kappa shape index (κ2) is 4.85. The Balaban J connectivity index is 2.26. The van der Waals surface area contributed by atoms with Crippen molar-refractivity contribution in [2.75, 3.05) is 14.2 Å². The number of aromatic nitrogens is 1. The molecular weight excluding hydrogens is 226 g/mol. The predicted molar refractivity (Wildman–Crippen MR) is 61.7 cm³/mol. The second-order valence-corrected chi connectivity index (χ2v) is 3.70. The molecular formula is C11H11NO3S. The van der Waals surface area contributed by atoms with Crippen molar-refractivity contribution in [2.45, 2.75) is 0 Å². The Morgan fingerprint density at radius 1 is 1.00 bits per heavy atom. The Bertz CT molecular complexity index is 434. The van der Waals surface area contributed by atoms with Gasteiger partial charge in [-0.3, -0.25) is 0 Å². The lowest BCUT2D eigenvalue weighted by molar-refractivity contribution is 0.385. The molecule has 0 saturated heterocycles. The molecule has 0 spiro atoms. The van der Waals surface area contributed by atoms with E-state index in [1.165, 1.54) is 11.3 Å². The van der Waals surface area contributed by atoms with Gasteiger partial charge in [-0.25, -0.2) is 4.98 Å². The van der Waals surface area contributed by atoms with Crippen LogP contribution in [0.3, 0.4) is 0 Å². The summed E-state index contributed by atoms with van der Waals surface area (Å²) in [5, 5.41) is 1.83. The van der Waals surface area contributed by atoms with Crippen molar-refractivity contribution in [2.24, 2.45) is 0 Å². The van der Waals surface area contributed by atoms with Crippen LogP contribution in [0.15, 0.2) is 29.1 Å². The first-order valence-electron chi connectivity index (χ1n) is 4.61. The summed E-state index contributed by atoms with van der Waals surface area (Å²) in [6, 6.07) is 5.34. The minimum Gasteiger partial charge on any atom is -0.496 e. The number of ether oxygens (including phenoxy) is 3. The minimum atomic E-state index is 0.570. The van der Waals surface area contributed by atoms with E-state index in [2.05, 4.69) is 4.98 Å². The molecule has 2 aromatic rings. The maximum Gasteiger partial charge on any atom is 0.230 e. The van der Waals surface area contributed by atoms with E-state index in [9.17, 15) is 0 Å². The van der Waals surface area contributed by atoms with Gasteiger partial charge in [-0.05, 0) is 0 Å². The third kappa shape index (κ3) is 2.43. The Morgan fingerprint density at radius 2 is 1.62 bits per heavy atom. The van der Waals surface area contributed by atoms with Crippen molar-refractivity contribution in [3.8, 4) is 23.1 Å². The highest BCUT2D eigenvalue weighted by molar-refractivity contribution is 7.07.